The van der Waals surface area contributed by atoms with E-state index in [0.29, 0.717) is 6.42 Å². The zero-order valence-electron chi connectivity index (χ0n) is 38.7. The summed E-state index contributed by atoms with van der Waals surface area (Å²) in [5.41, 5.74) is 0. The summed E-state index contributed by atoms with van der Waals surface area (Å²) in [7, 11) is 1.32. The molecule has 0 radical (unpaired) electrons. The minimum atomic E-state index is -1.77. The Bertz CT molecular complexity index is 2630. The van der Waals surface area contributed by atoms with Crippen LogP contribution in [0.5, 0.6) is 0 Å². The number of amides is 3. The van der Waals surface area contributed by atoms with Crippen LogP contribution in [0.15, 0.2) is 9.39 Å². The van der Waals surface area contributed by atoms with E-state index in [4.69, 9.17) is 9.47 Å². The van der Waals surface area contributed by atoms with Gasteiger partial charge >= 0.3 is 0 Å². The van der Waals surface area contributed by atoms with Crippen molar-refractivity contribution in [2.45, 2.75) is 146 Å². The minimum Gasteiger partial charge on any atom is -0.390 e. The van der Waals surface area contributed by atoms with Crippen molar-refractivity contribution in [3.05, 3.63) is 9.39 Å². The fourth-order valence-electron chi connectivity index (χ4n) is 6.10. The van der Waals surface area contributed by atoms with Crippen molar-refractivity contribution in [3.63, 3.8) is 0 Å². The Morgan fingerprint density at radius 2 is 1.10 bits per heavy atom. The van der Waals surface area contributed by atoms with Gasteiger partial charge in [-0.3, -0.25) is 19.3 Å². The maximum absolute atomic E-state index is 12.9. The molecule has 2 aliphatic heterocycles. The molecular formula is C55H53BrN2O10S. The van der Waals surface area contributed by atoms with Crippen molar-refractivity contribution in [3.8, 4) is 142 Å². The van der Waals surface area contributed by atoms with E-state index in [1.807, 2.05) is 0 Å². The van der Waals surface area contributed by atoms with Crippen LogP contribution in [0.3, 0.4) is 0 Å². The van der Waals surface area contributed by atoms with Crippen LogP contribution in [-0.2, 0) is 23.9 Å². The number of imide groups is 1. The van der Waals surface area contributed by atoms with Crippen molar-refractivity contribution in [1.82, 2.24) is 10.2 Å². The molecule has 69 heavy (non-hydrogen) atoms. The van der Waals surface area contributed by atoms with Crippen LogP contribution >= 0.6 is 27.7 Å². The summed E-state index contributed by atoms with van der Waals surface area (Å²) in [6, 6.07) is -1.29. The number of ether oxygens (including phenoxy) is 2. The third-order valence-electron chi connectivity index (χ3n) is 9.78. The number of halogens is 1. The molecule has 2 heterocycles. The molecule has 356 valence electrons. The number of nitrogens with zero attached hydrogens (tertiary/aromatic N) is 1. The SMILES string of the molecule is CC#CC#CC#CC#CC#CC#CC#CC#CC#CC#CC#CC#CC(=O)N[C@@H](CO[C@H]1OC(CSC2=C(Br)C(=O)N(C)C2=O)[C@H](O)[C@H](O)C1O)[C@H](O)[C@H](O)CCCCCCCCCCCCCC. The molecule has 2 aliphatic rings. The normalized spacial score (nSPS) is 18.3. The Morgan fingerprint density at radius 1 is 0.667 bits per heavy atom. The van der Waals surface area contributed by atoms with Crippen LogP contribution in [0.1, 0.15) is 97.3 Å². The third-order valence-corrected chi connectivity index (χ3v) is 11.9. The summed E-state index contributed by atoms with van der Waals surface area (Å²) in [5, 5.41) is 56.8. The molecular weight excluding hydrogens is 961 g/mol. The Morgan fingerprint density at radius 3 is 1.54 bits per heavy atom. The van der Waals surface area contributed by atoms with Crippen LogP contribution < -0.4 is 5.32 Å². The lowest BCUT2D eigenvalue weighted by Gasteiger charge is -2.41. The number of unbranched alkanes of at least 4 members (excludes halogenated alkanes) is 11. The van der Waals surface area contributed by atoms with E-state index in [9.17, 15) is 39.9 Å². The van der Waals surface area contributed by atoms with E-state index in [1.165, 1.54) is 52.0 Å². The number of hydrogen-bond donors (Lipinski definition) is 6. The van der Waals surface area contributed by atoms with Crippen molar-refractivity contribution in [2.24, 2.45) is 0 Å². The molecule has 0 spiro atoms. The maximum Gasteiger partial charge on any atom is 0.297 e. The molecule has 0 aromatic heterocycles. The number of nitrogens with one attached hydrogen (secondary N) is 1. The van der Waals surface area contributed by atoms with Crippen molar-refractivity contribution in [2.75, 3.05) is 19.4 Å². The van der Waals surface area contributed by atoms with Gasteiger partial charge in [-0.1, -0.05) is 89.9 Å². The highest BCUT2D eigenvalue weighted by molar-refractivity contribution is 9.12. The highest BCUT2D eigenvalue weighted by atomic mass is 79.9. The summed E-state index contributed by atoms with van der Waals surface area (Å²) in [6.45, 7) is 3.35. The van der Waals surface area contributed by atoms with Gasteiger partial charge in [0, 0.05) is 54.2 Å². The molecule has 0 aromatic carbocycles. The summed E-state index contributed by atoms with van der Waals surface area (Å²) in [5.74, 6) is 57.2. The lowest BCUT2D eigenvalue weighted by atomic mass is 9.98. The molecule has 12 nitrogen and oxygen atoms in total. The summed E-state index contributed by atoms with van der Waals surface area (Å²) in [4.78, 5) is 38.6. The zero-order valence-corrected chi connectivity index (χ0v) is 41.1. The number of carbonyl (C=O) groups excluding carboxylic acids is 3. The molecule has 1 fully saturated rings. The number of aliphatic hydroxyl groups is 5. The lowest BCUT2D eigenvalue weighted by Crippen LogP contribution is -2.60. The van der Waals surface area contributed by atoms with Gasteiger partial charge in [-0.2, -0.15) is 0 Å². The lowest BCUT2D eigenvalue weighted by molar-refractivity contribution is -0.294. The molecule has 0 saturated carbocycles. The van der Waals surface area contributed by atoms with Gasteiger partial charge in [0.15, 0.2) is 6.29 Å². The first kappa shape index (κ1) is 58.7. The second-order valence-electron chi connectivity index (χ2n) is 14.9. The van der Waals surface area contributed by atoms with E-state index >= 15 is 0 Å². The van der Waals surface area contributed by atoms with Gasteiger partial charge in [0.05, 0.1) is 29.8 Å². The van der Waals surface area contributed by atoms with Gasteiger partial charge in [0.2, 0.25) is 0 Å². The van der Waals surface area contributed by atoms with Crippen LogP contribution in [0.2, 0.25) is 0 Å². The molecule has 14 heteroatoms. The van der Waals surface area contributed by atoms with Crippen LogP contribution in [0, 0.1) is 142 Å². The standard InChI is InChI=1S/C55H53BrN2O10S/c1-4-6-8-10-12-14-16-18-19-20-21-22-23-24-25-26-27-28-30-32-34-36-38-40-46(60)57-43(48(61)44(59)39-37-35-33-31-29-17-15-13-11-9-7-5-2)41-67-55-51(64)50(63)49(62)45(68-55)42-69-52-47(56)53(65)58(3)54(52)66/h43-45,48-51,55,59,61-64H,5,7,9,11,13,15,17,29,31,33,35,37,39,41-42H2,1-3H3,(H,57,60)/t43-,44+,45?,48-,49-,50-,51?,55-/m0/s1. The zero-order chi connectivity index (χ0) is 50.5. The highest BCUT2D eigenvalue weighted by Gasteiger charge is 2.45. The van der Waals surface area contributed by atoms with Crippen LogP contribution in [0.4, 0.5) is 0 Å². The third kappa shape index (κ3) is 24.5. The first-order valence-electron chi connectivity index (χ1n) is 22.2. The number of carbonyl (C=O) groups is 3. The average Bonchev–Trinajstić information content (AvgIpc) is 3.52. The molecule has 8 atom stereocenters. The predicted molar refractivity (Wildman–Crippen MR) is 267 cm³/mol. The fraction of sp³-hybridized carbons (Fsp3) is 0.473. The number of aliphatic hydroxyl groups excluding tert-OH is 5. The number of rotatable bonds is 22. The Kier molecular flexibility index (Phi) is 31.2. The van der Waals surface area contributed by atoms with Gasteiger partial charge in [-0.15, -0.1) is 11.8 Å². The molecule has 6 N–H and O–H groups in total. The Labute approximate surface area is 420 Å². The molecule has 0 aliphatic carbocycles. The number of hydrogen-bond acceptors (Lipinski definition) is 11. The minimum absolute atomic E-state index is 0.0347. The molecule has 3 amide bonds. The summed E-state index contributed by atoms with van der Waals surface area (Å²) in [6.07, 6.45) is 2.95. The summed E-state index contributed by atoms with van der Waals surface area (Å²) >= 11 is 4.01. The second kappa shape index (κ2) is 36.6. The second-order valence-corrected chi connectivity index (χ2v) is 16.7. The molecule has 1 saturated heterocycles. The molecule has 0 bridgehead atoms. The quantitative estimate of drug-likeness (QED) is 0.0533. The van der Waals surface area contributed by atoms with E-state index in [-0.39, 0.29) is 21.6 Å². The van der Waals surface area contributed by atoms with Gasteiger partial charge < -0.3 is 40.3 Å². The van der Waals surface area contributed by atoms with Crippen molar-refractivity contribution in [1.29, 1.82) is 0 Å². The van der Waals surface area contributed by atoms with Gasteiger partial charge in [-0.05, 0) is 124 Å². The van der Waals surface area contributed by atoms with Gasteiger partial charge in [0.25, 0.3) is 17.7 Å². The average molecular weight is 1010 g/mol. The fourth-order valence-corrected chi connectivity index (χ4v) is 7.96. The summed E-state index contributed by atoms with van der Waals surface area (Å²) < 4.78 is 11.6. The van der Waals surface area contributed by atoms with E-state index in [2.05, 4.69) is 170 Å². The molecule has 2 rings (SSSR count). The van der Waals surface area contributed by atoms with E-state index in [0.717, 1.165) is 42.3 Å². The Hall–Kier alpha value is -6.38. The molecule has 0 aromatic rings. The first-order chi connectivity index (χ1) is 33.4. The van der Waals surface area contributed by atoms with Gasteiger partial charge in [-0.25, -0.2) is 0 Å². The largest absolute Gasteiger partial charge is 0.390 e. The van der Waals surface area contributed by atoms with Crippen molar-refractivity contribution < 1.29 is 49.4 Å². The number of thioether (sulfide) groups is 1. The highest BCUT2D eigenvalue weighted by Crippen LogP contribution is 2.35. The first-order valence-corrected chi connectivity index (χ1v) is 24.0. The smallest absolute Gasteiger partial charge is 0.297 e. The Balaban J connectivity index is 2.03. The van der Waals surface area contributed by atoms with Crippen LogP contribution in [-0.4, -0.2) is 117 Å². The van der Waals surface area contributed by atoms with Gasteiger partial charge in [0.1, 0.15) is 28.9 Å². The van der Waals surface area contributed by atoms with E-state index in [1.54, 1.807) is 6.92 Å². The predicted octanol–water partition coefficient (Wildman–Crippen LogP) is 2.51. The molecule has 2 unspecified atom stereocenters. The van der Waals surface area contributed by atoms with Crippen LogP contribution in [0.25, 0.3) is 0 Å². The topological polar surface area (TPSA) is 186 Å². The maximum atomic E-state index is 12.9. The van der Waals surface area contributed by atoms with Crippen molar-refractivity contribution >= 4 is 45.4 Å². The number of likely N-dealkylation sites (N-methyl/N-ethyl adjacent to an activating group) is 1. The monoisotopic (exact) mass is 1010 g/mol. The van der Waals surface area contributed by atoms with E-state index < -0.39 is 73.3 Å².